The Morgan fingerprint density at radius 3 is 2.83 bits per heavy atom. The first-order valence-corrected chi connectivity index (χ1v) is 8.31. The van der Waals surface area contributed by atoms with E-state index >= 15 is 0 Å². The number of hydrogen-bond donors (Lipinski definition) is 1. The third kappa shape index (κ3) is 3.55. The molecule has 0 bridgehead atoms. The number of benzene rings is 1. The zero-order valence-electron chi connectivity index (χ0n) is 14.0. The maximum absolute atomic E-state index is 13.1. The van der Waals surface area contributed by atoms with Crippen molar-refractivity contribution in [3.8, 4) is 5.69 Å². The second-order valence-electron chi connectivity index (χ2n) is 6.33. The molecule has 0 spiro atoms. The standard InChI is InChI=1S/C19H22FN3O/c1-13(22-19(24)11-15-5-3-4-6-15)18-12-21-23(14(18)2)17-9-7-16(20)8-10-17/h3,5,7-10,12-13,15H,4,6,11H2,1-2H3,(H,22,24). The number of rotatable bonds is 5. The first kappa shape index (κ1) is 16.4. The smallest absolute Gasteiger partial charge is 0.221 e. The molecule has 1 aromatic carbocycles. The molecule has 1 heterocycles. The summed E-state index contributed by atoms with van der Waals surface area (Å²) in [5.41, 5.74) is 2.71. The van der Waals surface area contributed by atoms with Gasteiger partial charge < -0.3 is 5.32 Å². The van der Waals surface area contributed by atoms with Crippen molar-refractivity contribution in [2.24, 2.45) is 5.92 Å². The van der Waals surface area contributed by atoms with Gasteiger partial charge in [0.1, 0.15) is 5.82 Å². The fourth-order valence-electron chi connectivity index (χ4n) is 3.17. The van der Waals surface area contributed by atoms with E-state index in [1.807, 2.05) is 13.8 Å². The second kappa shape index (κ2) is 6.99. The van der Waals surface area contributed by atoms with E-state index < -0.39 is 0 Å². The summed E-state index contributed by atoms with van der Waals surface area (Å²) in [7, 11) is 0. The van der Waals surface area contributed by atoms with Crippen molar-refractivity contribution in [3.05, 3.63) is 59.7 Å². The SMILES string of the molecule is Cc1c(C(C)NC(=O)CC2C=CCC2)cnn1-c1ccc(F)cc1. The molecular formula is C19H22FN3O. The van der Waals surface area contributed by atoms with Crippen molar-refractivity contribution in [2.75, 3.05) is 0 Å². The molecule has 0 saturated heterocycles. The Labute approximate surface area is 141 Å². The van der Waals surface area contributed by atoms with Crippen LogP contribution in [0.3, 0.4) is 0 Å². The molecule has 2 atom stereocenters. The lowest BCUT2D eigenvalue weighted by Crippen LogP contribution is -2.28. The van der Waals surface area contributed by atoms with Crippen molar-refractivity contribution in [1.29, 1.82) is 0 Å². The van der Waals surface area contributed by atoms with Crippen molar-refractivity contribution in [3.63, 3.8) is 0 Å². The highest BCUT2D eigenvalue weighted by Crippen LogP contribution is 2.23. The highest BCUT2D eigenvalue weighted by molar-refractivity contribution is 5.77. The van der Waals surface area contributed by atoms with Crippen LogP contribution in [0.5, 0.6) is 0 Å². The number of carbonyl (C=O) groups is 1. The van der Waals surface area contributed by atoms with E-state index in [0.29, 0.717) is 12.3 Å². The summed E-state index contributed by atoms with van der Waals surface area (Å²) >= 11 is 0. The molecule has 0 aliphatic heterocycles. The van der Waals surface area contributed by atoms with Crippen LogP contribution in [0, 0.1) is 18.7 Å². The van der Waals surface area contributed by atoms with Crippen LogP contribution >= 0.6 is 0 Å². The predicted molar refractivity (Wildman–Crippen MR) is 91.3 cm³/mol. The summed E-state index contributed by atoms with van der Waals surface area (Å²) in [5, 5.41) is 7.43. The number of carbonyl (C=O) groups excluding carboxylic acids is 1. The monoisotopic (exact) mass is 327 g/mol. The average Bonchev–Trinajstić information content (AvgIpc) is 3.18. The van der Waals surface area contributed by atoms with Gasteiger partial charge in [-0.25, -0.2) is 9.07 Å². The predicted octanol–water partition coefficient (Wildman–Crippen LogP) is 3.85. The molecule has 24 heavy (non-hydrogen) atoms. The van der Waals surface area contributed by atoms with Crippen LogP contribution in [-0.4, -0.2) is 15.7 Å². The number of nitrogens with zero attached hydrogens (tertiary/aromatic N) is 2. The molecule has 1 aliphatic rings. The Morgan fingerprint density at radius 2 is 2.17 bits per heavy atom. The number of amides is 1. The Kier molecular flexibility index (Phi) is 4.79. The van der Waals surface area contributed by atoms with Crippen molar-refractivity contribution >= 4 is 5.91 Å². The van der Waals surface area contributed by atoms with E-state index in [0.717, 1.165) is 29.8 Å². The summed E-state index contributed by atoms with van der Waals surface area (Å²) in [6.45, 7) is 3.91. The molecule has 0 saturated carbocycles. The maximum atomic E-state index is 13.1. The largest absolute Gasteiger partial charge is 0.349 e. The fraction of sp³-hybridized carbons (Fsp3) is 0.368. The summed E-state index contributed by atoms with van der Waals surface area (Å²) in [6, 6.07) is 6.09. The summed E-state index contributed by atoms with van der Waals surface area (Å²) in [4.78, 5) is 12.2. The first-order chi connectivity index (χ1) is 11.5. The molecule has 126 valence electrons. The van der Waals surface area contributed by atoms with Gasteiger partial charge in [-0.3, -0.25) is 4.79 Å². The van der Waals surface area contributed by atoms with Gasteiger partial charge in [-0.2, -0.15) is 5.10 Å². The molecule has 3 rings (SSSR count). The van der Waals surface area contributed by atoms with Crippen LogP contribution in [0.25, 0.3) is 5.69 Å². The zero-order valence-corrected chi connectivity index (χ0v) is 14.0. The van der Waals surface area contributed by atoms with Crippen LogP contribution in [0.2, 0.25) is 0 Å². The number of halogens is 1. The van der Waals surface area contributed by atoms with Crippen LogP contribution in [0.1, 0.15) is 43.5 Å². The van der Waals surface area contributed by atoms with Crippen LogP contribution < -0.4 is 5.32 Å². The summed E-state index contributed by atoms with van der Waals surface area (Å²) in [5.74, 6) is 0.151. The maximum Gasteiger partial charge on any atom is 0.221 e. The molecule has 5 heteroatoms. The molecule has 0 radical (unpaired) electrons. The Balaban J connectivity index is 1.69. The van der Waals surface area contributed by atoms with E-state index in [4.69, 9.17) is 0 Å². The molecule has 2 aromatic rings. The number of nitrogens with one attached hydrogen (secondary N) is 1. The van der Waals surface area contributed by atoms with E-state index in [1.54, 1.807) is 23.0 Å². The molecule has 2 unspecified atom stereocenters. The van der Waals surface area contributed by atoms with E-state index in [1.165, 1.54) is 12.1 Å². The third-order valence-electron chi connectivity index (χ3n) is 4.52. The summed E-state index contributed by atoms with van der Waals surface area (Å²) < 4.78 is 14.8. The lowest BCUT2D eigenvalue weighted by molar-refractivity contribution is -0.122. The van der Waals surface area contributed by atoms with Gasteiger partial charge in [0.05, 0.1) is 17.9 Å². The normalized spacial score (nSPS) is 17.9. The lowest BCUT2D eigenvalue weighted by Gasteiger charge is -2.15. The number of allylic oxidation sites excluding steroid dienone is 2. The minimum Gasteiger partial charge on any atom is -0.349 e. The van der Waals surface area contributed by atoms with E-state index in [-0.39, 0.29) is 17.8 Å². The highest BCUT2D eigenvalue weighted by atomic mass is 19.1. The van der Waals surface area contributed by atoms with Crippen molar-refractivity contribution in [2.45, 2.75) is 39.2 Å². The van der Waals surface area contributed by atoms with Crippen LogP contribution in [0.15, 0.2) is 42.6 Å². The fourth-order valence-corrected chi connectivity index (χ4v) is 3.17. The van der Waals surface area contributed by atoms with Gasteiger partial charge in [0.25, 0.3) is 0 Å². The van der Waals surface area contributed by atoms with Gasteiger partial charge in [-0.05, 0) is 56.9 Å². The molecule has 1 aromatic heterocycles. The molecule has 1 N–H and O–H groups in total. The van der Waals surface area contributed by atoms with E-state index in [2.05, 4.69) is 22.6 Å². The number of hydrogen-bond acceptors (Lipinski definition) is 2. The highest BCUT2D eigenvalue weighted by Gasteiger charge is 2.19. The molecule has 0 fully saturated rings. The first-order valence-electron chi connectivity index (χ1n) is 8.31. The minimum atomic E-state index is -0.273. The molecule has 1 aliphatic carbocycles. The third-order valence-corrected chi connectivity index (χ3v) is 4.52. The topological polar surface area (TPSA) is 46.9 Å². The van der Waals surface area contributed by atoms with Gasteiger partial charge in [0.15, 0.2) is 0 Å². The van der Waals surface area contributed by atoms with Crippen LogP contribution in [-0.2, 0) is 4.79 Å². The summed E-state index contributed by atoms with van der Waals surface area (Å²) in [6.07, 6.45) is 8.69. The molecular weight excluding hydrogens is 305 g/mol. The van der Waals surface area contributed by atoms with Gasteiger partial charge >= 0.3 is 0 Å². The van der Waals surface area contributed by atoms with Crippen molar-refractivity contribution in [1.82, 2.24) is 15.1 Å². The van der Waals surface area contributed by atoms with Gasteiger partial charge in [-0.15, -0.1) is 0 Å². The lowest BCUT2D eigenvalue weighted by atomic mass is 10.0. The van der Waals surface area contributed by atoms with Gasteiger partial charge in [0.2, 0.25) is 5.91 Å². The second-order valence-corrected chi connectivity index (χ2v) is 6.33. The van der Waals surface area contributed by atoms with Crippen molar-refractivity contribution < 1.29 is 9.18 Å². The molecule has 4 nitrogen and oxygen atoms in total. The van der Waals surface area contributed by atoms with Crippen LogP contribution in [0.4, 0.5) is 4.39 Å². The minimum absolute atomic E-state index is 0.0629. The Morgan fingerprint density at radius 1 is 1.42 bits per heavy atom. The van der Waals surface area contributed by atoms with Gasteiger partial charge in [-0.1, -0.05) is 12.2 Å². The quantitative estimate of drug-likeness (QED) is 0.848. The Bertz CT molecular complexity index is 748. The van der Waals surface area contributed by atoms with E-state index in [9.17, 15) is 9.18 Å². The zero-order chi connectivity index (χ0) is 17.1. The average molecular weight is 327 g/mol. The van der Waals surface area contributed by atoms with Gasteiger partial charge in [0, 0.05) is 17.7 Å². The Hall–Kier alpha value is -2.43. The number of aromatic nitrogens is 2. The molecule has 1 amide bonds.